The lowest BCUT2D eigenvalue weighted by Gasteiger charge is -2.17. The number of nitrogens with one attached hydrogen (secondary N) is 1. The van der Waals surface area contributed by atoms with Gasteiger partial charge >= 0.3 is 6.18 Å². The Bertz CT molecular complexity index is 1230. The van der Waals surface area contributed by atoms with E-state index in [9.17, 15) is 18.0 Å². The molecule has 6 nitrogen and oxygen atoms in total. The van der Waals surface area contributed by atoms with Crippen molar-refractivity contribution in [2.45, 2.75) is 26.9 Å². The summed E-state index contributed by atoms with van der Waals surface area (Å²) < 4.78 is 45.3. The summed E-state index contributed by atoms with van der Waals surface area (Å²) in [5, 5.41) is 2.61. The highest BCUT2D eigenvalue weighted by atomic mass is 35.5. The van der Waals surface area contributed by atoms with Crippen LogP contribution in [0.25, 0.3) is 11.1 Å². The minimum atomic E-state index is -4.59. The zero-order valence-corrected chi connectivity index (χ0v) is 20.1. The molecular formula is C24H24ClF3N4O2. The Labute approximate surface area is 200 Å². The van der Waals surface area contributed by atoms with Crippen LogP contribution in [0.1, 0.15) is 34.2 Å². The van der Waals surface area contributed by atoms with Gasteiger partial charge in [-0.1, -0.05) is 11.6 Å². The first kappa shape index (κ1) is 25.3. The quantitative estimate of drug-likeness (QED) is 0.433. The van der Waals surface area contributed by atoms with Crippen molar-refractivity contribution in [3.63, 3.8) is 0 Å². The van der Waals surface area contributed by atoms with Crippen LogP contribution < -0.4 is 10.1 Å². The van der Waals surface area contributed by atoms with E-state index in [-0.39, 0.29) is 17.5 Å². The lowest BCUT2D eigenvalue weighted by Crippen LogP contribution is -2.28. The lowest BCUT2D eigenvalue weighted by atomic mass is 9.99. The predicted molar refractivity (Wildman–Crippen MR) is 126 cm³/mol. The zero-order chi connectivity index (χ0) is 25.2. The number of rotatable bonds is 6. The molecule has 0 saturated heterocycles. The first-order valence-electron chi connectivity index (χ1n) is 10.4. The molecule has 0 aliphatic rings. The zero-order valence-electron chi connectivity index (χ0n) is 19.3. The summed E-state index contributed by atoms with van der Waals surface area (Å²) in [4.78, 5) is 22.5. The van der Waals surface area contributed by atoms with Crippen molar-refractivity contribution in [2.24, 2.45) is 0 Å². The van der Waals surface area contributed by atoms with E-state index < -0.39 is 16.8 Å². The van der Waals surface area contributed by atoms with Crippen LogP contribution in [0.15, 0.2) is 36.5 Å². The van der Waals surface area contributed by atoms with Gasteiger partial charge in [-0.05, 0) is 67.8 Å². The molecule has 10 heteroatoms. The third kappa shape index (κ3) is 5.25. The van der Waals surface area contributed by atoms with Crippen molar-refractivity contribution in [3.05, 3.63) is 64.1 Å². The molecule has 0 fully saturated rings. The smallest absolute Gasteiger partial charge is 0.417 e. The maximum absolute atomic E-state index is 13.2. The van der Waals surface area contributed by atoms with E-state index in [1.54, 1.807) is 33.3 Å². The average Bonchev–Trinajstić information content (AvgIpc) is 2.80. The maximum Gasteiger partial charge on any atom is 0.417 e. The summed E-state index contributed by atoms with van der Waals surface area (Å²) in [6.07, 6.45) is -3.01. The molecule has 3 aromatic rings. The number of halogens is 4. The Morgan fingerprint density at radius 3 is 2.47 bits per heavy atom. The highest BCUT2D eigenvalue weighted by Crippen LogP contribution is 2.39. The molecule has 2 aromatic carbocycles. The Morgan fingerprint density at radius 2 is 1.85 bits per heavy atom. The van der Waals surface area contributed by atoms with Gasteiger partial charge in [-0.15, -0.1) is 0 Å². The number of aromatic nitrogens is 2. The van der Waals surface area contributed by atoms with Crippen molar-refractivity contribution in [2.75, 3.05) is 26.0 Å². The van der Waals surface area contributed by atoms with Gasteiger partial charge in [0.05, 0.1) is 10.6 Å². The maximum atomic E-state index is 13.2. The number of alkyl halides is 3. The molecule has 34 heavy (non-hydrogen) atoms. The Hall–Kier alpha value is -3.33. The van der Waals surface area contributed by atoms with Gasteiger partial charge in [-0.2, -0.15) is 13.2 Å². The lowest BCUT2D eigenvalue weighted by molar-refractivity contribution is -0.137. The summed E-state index contributed by atoms with van der Waals surface area (Å²) in [5.74, 6) is 0.694. The summed E-state index contributed by atoms with van der Waals surface area (Å²) in [6, 6.07) is 6.99. The van der Waals surface area contributed by atoms with Gasteiger partial charge in [-0.3, -0.25) is 4.79 Å². The highest BCUT2D eigenvalue weighted by Gasteiger charge is 2.33. The molecule has 3 rings (SSSR count). The van der Waals surface area contributed by atoms with E-state index in [0.29, 0.717) is 29.2 Å². The van der Waals surface area contributed by atoms with Gasteiger partial charge in [0.15, 0.2) is 0 Å². The van der Waals surface area contributed by atoms with Crippen molar-refractivity contribution in [1.29, 1.82) is 0 Å². The largest absolute Gasteiger partial charge is 0.457 e. The topological polar surface area (TPSA) is 67.4 Å². The first-order chi connectivity index (χ1) is 16.0. The van der Waals surface area contributed by atoms with Gasteiger partial charge < -0.3 is 15.0 Å². The van der Waals surface area contributed by atoms with E-state index in [1.807, 2.05) is 19.9 Å². The number of anilines is 1. The minimum Gasteiger partial charge on any atom is -0.457 e. The molecule has 0 unspecified atom stereocenters. The van der Waals surface area contributed by atoms with Crippen LogP contribution in [-0.4, -0.2) is 41.4 Å². The van der Waals surface area contributed by atoms with Crippen molar-refractivity contribution < 1.29 is 22.7 Å². The first-order valence-corrected chi connectivity index (χ1v) is 10.8. The second-order valence-electron chi connectivity index (χ2n) is 7.70. The molecule has 0 spiro atoms. The summed E-state index contributed by atoms with van der Waals surface area (Å²) in [7, 11) is 3.37. The molecule has 0 aliphatic carbocycles. The number of hydrogen-bond acceptors (Lipinski definition) is 5. The Kier molecular flexibility index (Phi) is 7.35. The molecule has 0 aliphatic heterocycles. The fourth-order valence-electron chi connectivity index (χ4n) is 3.29. The second kappa shape index (κ2) is 9.89. The molecular weight excluding hydrogens is 469 g/mol. The van der Waals surface area contributed by atoms with Crippen LogP contribution in [0.3, 0.4) is 0 Å². The number of ether oxygens (including phenoxy) is 1. The van der Waals surface area contributed by atoms with Gasteiger partial charge in [0.1, 0.15) is 17.3 Å². The monoisotopic (exact) mass is 492 g/mol. The van der Waals surface area contributed by atoms with Crippen LogP contribution in [0.5, 0.6) is 11.5 Å². The molecule has 0 radical (unpaired) electrons. The molecule has 1 N–H and O–H groups in total. The molecule has 0 bridgehead atoms. The normalized spacial score (nSPS) is 11.3. The standard InChI is InChI=1S/C24H24ClF3N4O2/c1-6-32(5)23(33)22-30-12-17(21(29-4)31-22)16-9-14(3)20(10-13(16)2)34-15-7-8-19(25)18(11-15)24(26,27)28/h7-12H,6H2,1-5H3,(H,29,30,31). The number of carbonyl (C=O) groups excluding carboxylic acids is 1. The van der Waals surface area contributed by atoms with Crippen molar-refractivity contribution in [1.82, 2.24) is 14.9 Å². The van der Waals surface area contributed by atoms with Crippen molar-refractivity contribution in [3.8, 4) is 22.6 Å². The van der Waals surface area contributed by atoms with E-state index in [1.165, 1.54) is 11.0 Å². The molecule has 1 heterocycles. The Morgan fingerprint density at radius 1 is 1.15 bits per heavy atom. The van der Waals surface area contributed by atoms with Crippen LogP contribution in [-0.2, 0) is 6.18 Å². The molecule has 0 saturated carbocycles. The summed E-state index contributed by atoms with van der Waals surface area (Å²) in [5.41, 5.74) is 1.99. The van der Waals surface area contributed by atoms with Crippen LogP contribution in [0.4, 0.5) is 19.0 Å². The van der Waals surface area contributed by atoms with Crippen LogP contribution >= 0.6 is 11.6 Å². The third-order valence-electron chi connectivity index (χ3n) is 5.32. The fraction of sp³-hybridized carbons (Fsp3) is 0.292. The molecule has 1 amide bonds. The third-order valence-corrected chi connectivity index (χ3v) is 5.65. The second-order valence-corrected chi connectivity index (χ2v) is 8.11. The summed E-state index contributed by atoms with van der Waals surface area (Å²) >= 11 is 5.70. The number of carbonyl (C=O) groups is 1. The van der Waals surface area contributed by atoms with Gasteiger partial charge in [0.25, 0.3) is 5.91 Å². The average molecular weight is 493 g/mol. The summed E-state index contributed by atoms with van der Waals surface area (Å²) in [6.45, 7) is 6.01. The van der Waals surface area contributed by atoms with Gasteiger partial charge in [-0.25, -0.2) is 9.97 Å². The molecule has 180 valence electrons. The van der Waals surface area contributed by atoms with E-state index in [2.05, 4.69) is 15.3 Å². The number of hydrogen-bond donors (Lipinski definition) is 1. The predicted octanol–water partition coefficient (Wildman–Crippen LogP) is 6.36. The molecule has 0 atom stereocenters. The molecule has 1 aromatic heterocycles. The Balaban J connectivity index is 1.97. The number of aryl methyl sites for hydroxylation is 2. The number of nitrogens with zero attached hydrogens (tertiary/aromatic N) is 3. The van der Waals surface area contributed by atoms with E-state index >= 15 is 0 Å². The van der Waals surface area contributed by atoms with Crippen LogP contribution in [0, 0.1) is 13.8 Å². The van der Waals surface area contributed by atoms with Crippen LogP contribution in [0.2, 0.25) is 5.02 Å². The number of amides is 1. The highest BCUT2D eigenvalue weighted by molar-refractivity contribution is 6.31. The van der Waals surface area contributed by atoms with Gasteiger partial charge in [0.2, 0.25) is 5.82 Å². The van der Waals surface area contributed by atoms with Crippen molar-refractivity contribution >= 4 is 23.3 Å². The SMILES string of the molecule is CCN(C)C(=O)c1ncc(-c2cc(C)c(Oc3ccc(Cl)c(C(F)(F)F)c3)cc2C)c(NC)n1. The van der Waals surface area contributed by atoms with E-state index in [4.69, 9.17) is 16.3 Å². The fourth-order valence-corrected chi connectivity index (χ4v) is 3.51. The minimum absolute atomic E-state index is 0.0223. The van der Waals surface area contributed by atoms with Gasteiger partial charge in [0, 0.05) is 32.4 Å². The number of benzene rings is 2. The van der Waals surface area contributed by atoms with E-state index in [0.717, 1.165) is 23.3 Å².